The summed E-state index contributed by atoms with van der Waals surface area (Å²) in [5.41, 5.74) is 0.297. The van der Waals surface area contributed by atoms with Crippen LogP contribution in [0.5, 0.6) is 0 Å². The maximum Gasteiger partial charge on any atom is 0.220 e. The highest BCUT2D eigenvalue weighted by molar-refractivity contribution is 5.80. The summed E-state index contributed by atoms with van der Waals surface area (Å²) in [6.07, 6.45) is 16.9. The number of carbonyl (C=O) groups is 1. The lowest BCUT2D eigenvalue weighted by Gasteiger charge is -2.34. The third-order valence-corrected chi connectivity index (χ3v) is 5.34. The van der Waals surface area contributed by atoms with E-state index in [1.807, 2.05) is 0 Å². The van der Waals surface area contributed by atoms with Gasteiger partial charge in [0.25, 0.3) is 0 Å². The first-order chi connectivity index (χ1) is 9.27. The van der Waals surface area contributed by atoms with Gasteiger partial charge in [0.2, 0.25) is 5.91 Å². The summed E-state index contributed by atoms with van der Waals surface area (Å²) in [4.78, 5) is 11.8. The van der Waals surface area contributed by atoms with Crippen LogP contribution in [-0.4, -0.2) is 11.9 Å². The Morgan fingerprint density at radius 2 is 1.42 bits per heavy atom. The van der Waals surface area contributed by atoms with Crippen molar-refractivity contribution in [3.05, 3.63) is 0 Å². The zero-order valence-electron chi connectivity index (χ0n) is 12.7. The maximum absolute atomic E-state index is 11.8. The van der Waals surface area contributed by atoms with Crippen LogP contribution in [0, 0.1) is 5.41 Å². The molecular weight excluding hydrogens is 234 g/mol. The average molecular weight is 265 g/mol. The number of rotatable bonds is 1. The van der Waals surface area contributed by atoms with Crippen LogP contribution in [0.1, 0.15) is 90.4 Å². The van der Waals surface area contributed by atoms with E-state index in [0.29, 0.717) is 17.4 Å². The minimum atomic E-state index is 0.297. The van der Waals surface area contributed by atoms with Crippen molar-refractivity contribution in [3.8, 4) is 0 Å². The molecule has 0 aromatic heterocycles. The van der Waals surface area contributed by atoms with Gasteiger partial charge < -0.3 is 5.32 Å². The Kier molecular flexibility index (Phi) is 5.72. The van der Waals surface area contributed by atoms with E-state index < -0.39 is 0 Å². The number of amides is 1. The van der Waals surface area contributed by atoms with Crippen molar-refractivity contribution in [2.75, 3.05) is 0 Å². The molecule has 1 N–H and O–H groups in total. The third kappa shape index (κ3) is 3.97. The molecule has 0 aromatic rings. The Hall–Kier alpha value is -0.530. The summed E-state index contributed by atoms with van der Waals surface area (Å²) >= 11 is 0. The van der Waals surface area contributed by atoms with Gasteiger partial charge in [0, 0.05) is 12.5 Å². The highest BCUT2D eigenvalue weighted by atomic mass is 16.2. The molecule has 0 radical (unpaired) electrons. The third-order valence-electron chi connectivity index (χ3n) is 5.34. The van der Waals surface area contributed by atoms with Gasteiger partial charge in [0.15, 0.2) is 0 Å². The first kappa shape index (κ1) is 14.9. The van der Waals surface area contributed by atoms with E-state index >= 15 is 0 Å². The summed E-state index contributed by atoms with van der Waals surface area (Å²) in [5.74, 6) is 0.305. The minimum Gasteiger partial charge on any atom is -0.353 e. The van der Waals surface area contributed by atoms with Crippen LogP contribution in [0.15, 0.2) is 0 Å². The molecule has 1 unspecified atom stereocenters. The van der Waals surface area contributed by atoms with Gasteiger partial charge in [-0.2, -0.15) is 0 Å². The highest BCUT2D eigenvalue weighted by Crippen LogP contribution is 2.43. The fraction of sp³-hybridized carbons (Fsp3) is 0.941. The van der Waals surface area contributed by atoms with Crippen molar-refractivity contribution in [1.82, 2.24) is 5.32 Å². The standard InChI is InChI=1S/C17H31NO/c1-2-15-17(14-16(19)18-15)12-10-8-6-4-3-5-7-9-11-13-17/h15H,2-14H2,1H3,(H,18,19). The van der Waals surface area contributed by atoms with Crippen LogP contribution in [0.3, 0.4) is 0 Å². The smallest absolute Gasteiger partial charge is 0.220 e. The van der Waals surface area contributed by atoms with E-state index in [4.69, 9.17) is 0 Å². The lowest BCUT2D eigenvalue weighted by Crippen LogP contribution is -2.36. The van der Waals surface area contributed by atoms with Crippen LogP contribution >= 0.6 is 0 Å². The molecule has 2 nitrogen and oxygen atoms in total. The molecule has 2 aliphatic rings. The fourth-order valence-electron chi connectivity index (χ4n) is 4.22. The molecule has 1 saturated carbocycles. The average Bonchev–Trinajstić information content (AvgIpc) is 2.70. The van der Waals surface area contributed by atoms with Gasteiger partial charge in [-0.3, -0.25) is 4.79 Å². The van der Waals surface area contributed by atoms with Crippen LogP contribution in [-0.2, 0) is 4.79 Å². The van der Waals surface area contributed by atoms with Gasteiger partial charge >= 0.3 is 0 Å². The Morgan fingerprint density at radius 1 is 0.947 bits per heavy atom. The Morgan fingerprint density at radius 3 is 1.89 bits per heavy atom. The van der Waals surface area contributed by atoms with Gasteiger partial charge in [0.05, 0.1) is 0 Å². The molecule has 0 bridgehead atoms. The van der Waals surface area contributed by atoms with Gasteiger partial charge in [0.1, 0.15) is 0 Å². The SMILES string of the molecule is CCC1NC(=O)CC12CCCCCCCCCCC2. The first-order valence-electron chi connectivity index (χ1n) is 8.56. The van der Waals surface area contributed by atoms with E-state index in [2.05, 4.69) is 12.2 Å². The Bertz CT molecular complexity index is 275. The molecule has 1 atom stereocenters. The second-order valence-electron chi connectivity index (χ2n) is 6.75. The van der Waals surface area contributed by atoms with Crippen molar-refractivity contribution in [1.29, 1.82) is 0 Å². The number of carbonyl (C=O) groups excluding carboxylic acids is 1. The summed E-state index contributed by atoms with van der Waals surface area (Å²) in [5, 5.41) is 3.24. The van der Waals surface area contributed by atoms with Crippen molar-refractivity contribution in [2.45, 2.75) is 96.4 Å². The molecule has 110 valence electrons. The Labute approximate surface area is 118 Å². The highest BCUT2D eigenvalue weighted by Gasteiger charge is 2.44. The largest absolute Gasteiger partial charge is 0.353 e. The van der Waals surface area contributed by atoms with E-state index in [-0.39, 0.29) is 0 Å². The second-order valence-corrected chi connectivity index (χ2v) is 6.75. The van der Waals surface area contributed by atoms with Crippen molar-refractivity contribution >= 4 is 5.91 Å². The molecule has 1 saturated heterocycles. The summed E-state index contributed by atoms with van der Waals surface area (Å²) in [6, 6.07) is 0.447. The normalized spacial score (nSPS) is 29.5. The van der Waals surface area contributed by atoms with Gasteiger partial charge in [-0.1, -0.05) is 64.7 Å². The number of hydrogen-bond donors (Lipinski definition) is 1. The van der Waals surface area contributed by atoms with Crippen molar-refractivity contribution < 1.29 is 4.79 Å². The van der Waals surface area contributed by atoms with E-state index in [9.17, 15) is 4.79 Å². The summed E-state index contributed by atoms with van der Waals surface area (Å²) in [6.45, 7) is 2.23. The van der Waals surface area contributed by atoms with Gasteiger partial charge in [-0.25, -0.2) is 0 Å². The first-order valence-corrected chi connectivity index (χ1v) is 8.56. The molecule has 2 rings (SSSR count). The predicted molar refractivity (Wildman–Crippen MR) is 80.1 cm³/mol. The lowest BCUT2D eigenvalue weighted by atomic mass is 9.71. The second kappa shape index (κ2) is 7.31. The van der Waals surface area contributed by atoms with Gasteiger partial charge in [-0.05, 0) is 24.7 Å². The lowest BCUT2D eigenvalue weighted by molar-refractivity contribution is -0.119. The molecule has 1 amide bonds. The van der Waals surface area contributed by atoms with Crippen LogP contribution in [0.4, 0.5) is 0 Å². The molecule has 1 heterocycles. The molecule has 1 aliphatic heterocycles. The summed E-state index contributed by atoms with van der Waals surface area (Å²) in [7, 11) is 0. The molecule has 19 heavy (non-hydrogen) atoms. The topological polar surface area (TPSA) is 29.1 Å². The molecular formula is C17H31NO. The molecule has 0 aromatic carbocycles. The predicted octanol–water partition coefficient (Wildman–Crippen LogP) is 4.58. The van der Waals surface area contributed by atoms with E-state index in [1.165, 1.54) is 70.6 Å². The minimum absolute atomic E-state index is 0.297. The van der Waals surface area contributed by atoms with E-state index in [1.54, 1.807) is 0 Å². The molecule has 1 aliphatic carbocycles. The number of nitrogens with one attached hydrogen (secondary N) is 1. The maximum atomic E-state index is 11.8. The van der Waals surface area contributed by atoms with Crippen LogP contribution in [0.25, 0.3) is 0 Å². The number of hydrogen-bond acceptors (Lipinski definition) is 1. The fourth-order valence-corrected chi connectivity index (χ4v) is 4.22. The summed E-state index contributed by atoms with van der Waals surface area (Å²) < 4.78 is 0. The molecule has 1 spiro atoms. The monoisotopic (exact) mass is 265 g/mol. The zero-order valence-corrected chi connectivity index (χ0v) is 12.7. The van der Waals surface area contributed by atoms with E-state index in [0.717, 1.165) is 12.8 Å². The van der Waals surface area contributed by atoms with Crippen LogP contribution < -0.4 is 5.32 Å². The zero-order chi connectivity index (χ0) is 13.6. The molecule has 2 heteroatoms. The van der Waals surface area contributed by atoms with Crippen molar-refractivity contribution in [2.24, 2.45) is 5.41 Å². The Balaban J connectivity index is 1.99. The van der Waals surface area contributed by atoms with Crippen LogP contribution in [0.2, 0.25) is 0 Å². The van der Waals surface area contributed by atoms with Gasteiger partial charge in [-0.15, -0.1) is 0 Å². The molecule has 2 fully saturated rings. The van der Waals surface area contributed by atoms with Crippen molar-refractivity contribution in [3.63, 3.8) is 0 Å². The quantitative estimate of drug-likeness (QED) is 0.739.